The number of hydrogen-bond donors (Lipinski definition) is 5. The van der Waals surface area contributed by atoms with Crippen LogP contribution in [-0.4, -0.2) is 95.3 Å². The number of amides is 4. The monoisotopic (exact) mass is 979 g/mol. The number of nitriles is 1. The second kappa shape index (κ2) is 20.8. The Kier molecular flexibility index (Phi) is 15.5. The molecule has 1 saturated heterocycles. The average molecular weight is 981 g/mol. The first-order valence-electron chi connectivity index (χ1n) is 23.8. The molecule has 0 spiro atoms. The summed E-state index contributed by atoms with van der Waals surface area (Å²) in [5.41, 5.74) is 4.74. The zero-order valence-electron chi connectivity index (χ0n) is 40.9. The van der Waals surface area contributed by atoms with Gasteiger partial charge < -0.3 is 40.7 Å². The fourth-order valence-electron chi connectivity index (χ4n) is 10.2. The van der Waals surface area contributed by atoms with Crippen molar-refractivity contribution in [2.75, 3.05) is 31.6 Å². The number of thiazole rings is 1. The van der Waals surface area contributed by atoms with Gasteiger partial charge in [0.2, 0.25) is 17.7 Å². The number of carbonyl (C=O) groups is 4. The van der Waals surface area contributed by atoms with Crippen LogP contribution in [0.1, 0.15) is 114 Å². The molecule has 1 aliphatic heterocycles. The summed E-state index contributed by atoms with van der Waals surface area (Å²) in [6.07, 6.45) is 3.04. The van der Waals surface area contributed by atoms with E-state index in [1.165, 1.54) is 4.90 Å². The number of likely N-dealkylation sites (tertiary alicyclic amines) is 1. The quantitative estimate of drug-likeness (QED) is 0.0573. The minimum Gasteiger partial charge on any atom is -0.489 e. The number of unbranched alkanes of at least 4 members (excludes halogenated alkanes) is 2. The second-order valence-electron chi connectivity index (χ2n) is 21.1. The van der Waals surface area contributed by atoms with Gasteiger partial charge in [0.05, 0.1) is 38.3 Å². The van der Waals surface area contributed by atoms with Crippen molar-refractivity contribution in [3.63, 3.8) is 0 Å². The Balaban J connectivity index is 0.806. The SMILES string of the molecule is Cc1ncsc1-c1ccc(C2(NC(=O)C3C[C@@H](O)CN3C(=O)[C@@H](NC(=O)COCCCCCNc3ccc(C(=O)N[C@H]4C(C)(C)[C@H](Oc5ccc(C#N)c(Cl)c5)C4(C)C)cc3)C(C)(C)C)CC2)cc1. The van der Waals surface area contributed by atoms with E-state index < -0.39 is 41.0 Å². The van der Waals surface area contributed by atoms with E-state index in [1.807, 2.05) is 69.6 Å². The van der Waals surface area contributed by atoms with Crippen molar-refractivity contribution in [1.29, 1.82) is 5.26 Å². The Hall–Kier alpha value is -5.53. The molecule has 14 nitrogen and oxygen atoms in total. The molecule has 0 radical (unpaired) electrons. The van der Waals surface area contributed by atoms with Crippen molar-refractivity contribution in [2.24, 2.45) is 16.2 Å². The second-order valence-corrected chi connectivity index (χ2v) is 22.4. The molecule has 16 heteroatoms. The minimum atomic E-state index is -0.945. The van der Waals surface area contributed by atoms with Gasteiger partial charge in [-0.15, -0.1) is 11.3 Å². The smallest absolute Gasteiger partial charge is 0.251 e. The van der Waals surface area contributed by atoms with E-state index in [-0.39, 0.29) is 54.4 Å². The minimum absolute atomic E-state index is 0.000966. The molecular formula is C53H66ClN7O7S. The summed E-state index contributed by atoms with van der Waals surface area (Å²) in [7, 11) is 0. The lowest BCUT2D eigenvalue weighted by molar-refractivity contribution is -0.164. The van der Waals surface area contributed by atoms with Gasteiger partial charge in [0.1, 0.15) is 36.6 Å². The number of β-amino-alcohol motifs (C(OH)–C–C–N with tert-alkyl or cyclic N) is 1. The molecule has 2 heterocycles. The van der Waals surface area contributed by atoms with Gasteiger partial charge >= 0.3 is 0 Å². The van der Waals surface area contributed by atoms with Gasteiger partial charge in [0.15, 0.2) is 0 Å². The molecule has 2 saturated carbocycles. The van der Waals surface area contributed by atoms with Crippen molar-refractivity contribution in [3.8, 4) is 22.3 Å². The fraction of sp³-hybridized carbons (Fsp3) is 0.509. The summed E-state index contributed by atoms with van der Waals surface area (Å²) < 4.78 is 12.1. The summed E-state index contributed by atoms with van der Waals surface area (Å²) in [6.45, 7) is 16.7. The maximum atomic E-state index is 14.2. The Morgan fingerprint density at radius 1 is 0.986 bits per heavy atom. The third-order valence-electron chi connectivity index (χ3n) is 13.9. The molecular weight excluding hydrogens is 914 g/mol. The van der Waals surface area contributed by atoms with Crippen molar-refractivity contribution in [2.45, 2.75) is 130 Å². The number of nitrogens with zero attached hydrogens (tertiary/aromatic N) is 3. The molecule has 5 N–H and O–H groups in total. The number of aromatic nitrogens is 1. The topological polar surface area (TPSA) is 195 Å². The highest BCUT2D eigenvalue weighted by Crippen LogP contribution is 2.56. The van der Waals surface area contributed by atoms with Gasteiger partial charge in [-0.1, -0.05) is 84.3 Å². The molecule has 4 aromatic rings. The number of benzene rings is 3. The number of ether oxygens (including phenoxy) is 2. The normalized spacial score (nSPS) is 21.3. The summed E-state index contributed by atoms with van der Waals surface area (Å²) in [4.78, 5) is 61.5. The van der Waals surface area contributed by atoms with Gasteiger partial charge in [-0.2, -0.15) is 5.26 Å². The van der Waals surface area contributed by atoms with E-state index in [0.29, 0.717) is 35.1 Å². The maximum absolute atomic E-state index is 14.2. The predicted octanol–water partition coefficient (Wildman–Crippen LogP) is 8.15. The van der Waals surface area contributed by atoms with Gasteiger partial charge in [0, 0.05) is 60.3 Å². The van der Waals surface area contributed by atoms with E-state index in [4.69, 9.17) is 21.1 Å². The molecule has 2 aliphatic carbocycles. The van der Waals surface area contributed by atoms with E-state index >= 15 is 0 Å². The molecule has 3 atom stereocenters. The summed E-state index contributed by atoms with van der Waals surface area (Å²) in [5, 5.41) is 33.0. The van der Waals surface area contributed by atoms with E-state index in [1.54, 1.807) is 41.7 Å². The van der Waals surface area contributed by atoms with Crippen LogP contribution >= 0.6 is 22.9 Å². The van der Waals surface area contributed by atoms with Crippen LogP contribution in [0, 0.1) is 34.5 Å². The van der Waals surface area contributed by atoms with Crippen molar-refractivity contribution in [1.82, 2.24) is 25.8 Å². The Morgan fingerprint density at radius 3 is 2.29 bits per heavy atom. The molecule has 4 amide bonds. The molecule has 368 valence electrons. The molecule has 3 aromatic carbocycles. The Labute approximate surface area is 414 Å². The Bertz CT molecular complexity index is 2530. The van der Waals surface area contributed by atoms with Crippen LogP contribution < -0.4 is 26.0 Å². The summed E-state index contributed by atoms with van der Waals surface area (Å²) >= 11 is 7.83. The highest BCUT2D eigenvalue weighted by molar-refractivity contribution is 7.13. The van der Waals surface area contributed by atoms with E-state index in [9.17, 15) is 29.5 Å². The summed E-state index contributed by atoms with van der Waals surface area (Å²) in [6, 6.07) is 20.7. The molecule has 3 fully saturated rings. The highest BCUT2D eigenvalue weighted by Gasteiger charge is 2.64. The number of aliphatic hydroxyl groups excluding tert-OH is 1. The van der Waals surface area contributed by atoms with Crippen LogP contribution in [0.5, 0.6) is 5.75 Å². The largest absolute Gasteiger partial charge is 0.489 e. The average Bonchev–Trinajstić information content (AvgIpc) is 3.77. The van der Waals surface area contributed by atoms with Crippen molar-refractivity contribution < 1.29 is 33.8 Å². The lowest BCUT2D eigenvalue weighted by atomic mass is 9.49. The zero-order valence-corrected chi connectivity index (χ0v) is 42.5. The number of aliphatic hydroxyl groups is 1. The lowest BCUT2D eigenvalue weighted by Crippen LogP contribution is -2.74. The number of anilines is 1. The Morgan fingerprint density at radius 2 is 1.68 bits per heavy atom. The van der Waals surface area contributed by atoms with E-state index in [0.717, 1.165) is 59.5 Å². The molecule has 7 rings (SSSR count). The van der Waals surface area contributed by atoms with Crippen molar-refractivity contribution >= 4 is 52.3 Å². The maximum Gasteiger partial charge on any atom is 0.251 e. The lowest BCUT2D eigenvalue weighted by Gasteiger charge is -2.63. The number of hydrogen-bond acceptors (Lipinski definition) is 11. The van der Waals surface area contributed by atoms with Gasteiger partial charge in [-0.05, 0) is 92.0 Å². The standard InChI is InChI=1S/C53H66ClN7O7S/c1-32-43(69-31-57-32)33-12-17-36(18-13-33)53(22-23-53)60-46(65)41-26-38(62)29-61(41)47(66)44(50(2,3)4)58-42(63)30-67-25-11-9-10-24-56-37-19-14-34(15-20-37)45(64)59-48-51(5,6)49(52(48,7)8)68-39-21-16-35(28-55)40(54)27-39/h12-21,27,31,38,41,44,48-49,56,62H,9-11,22-26,29-30H2,1-8H3,(H,58,63)(H,59,64)(H,60,65)/t38-,41?,44-,48-,49-/m1/s1. The van der Waals surface area contributed by atoms with Crippen LogP contribution in [0.4, 0.5) is 5.69 Å². The molecule has 1 unspecified atom stereocenters. The number of aryl methyl sites for hydroxylation is 1. The predicted molar refractivity (Wildman–Crippen MR) is 268 cm³/mol. The van der Waals surface area contributed by atoms with Gasteiger partial charge in [-0.3, -0.25) is 19.2 Å². The molecule has 69 heavy (non-hydrogen) atoms. The van der Waals surface area contributed by atoms with Gasteiger partial charge in [-0.25, -0.2) is 4.98 Å². The number of carbonyl (C=O) groups excluding carboxylic acids is 4. The van der Waals surface area contributed by atoms with Crippen molar-refractivity contribution in [3.05, 3.63) is 99.6 Å². The van der Waals surface area contributed by atoms with Crippen LogP contribution in [0.3, 0.4) is 0 Å². The third-order valence-corrected chi connectivity index (χ3v) is 15.2. The van der Waals surface area contributed by atoms with Crippen LogP contribution in [0.25, 0.3) is 10.4 Å². The van der Waals surface area contributed by atoms with Crippen LogP contribution in [-0.2, 0) is 24.7 Å². The number of halogens is 1. The highest BCUT2D eigenvalue weighted by atomic mass is 35.5. The zero-order chi connectivity index (χ0) is 49.9. The van der Waals surface area contributed by atoms with Crippen LogP contribution in [0.15, 0.2) is 72.2 Å². The van der Waals surface area contributed by atoms with Crippen LogP contribution in [0.2, 0.25) is 5.02 Å². The molecule has 3 aliphatic rings. The molecule has 1 aromatic heterocycles. The first-order valence-corrected chi connectivity index (χ1v) is 25.1. The summed E-state index contributed by atoms with van der Waals surface area (Å²) in [5.74, 6) is -0.743. The first kappa shape index (κ1) is 51.3. The van der Waals surface area contributed by atoms with Gasteiger partial charge in [0.25, 0.3) is 5.91 Å². The third kappa shape index (κ3) is 11.6. The number of nitrogens with one attached hydrogen (secondary N) is 4. The van der Waals surface area contributed by atoms with E-state index in [2.05, 4.69) is 60.0 Å². The fourth-order valence-corrected chi connectivity index (χ4v) is 11.3. The number of rotatable bonds is 19. The molecule has 0 bridgehead atoms. The first-order chi connectivity index (χ1) is 32.6.